The van der Waals surface area contributed by atoms with Gasteiger partial charge in [0.05, 0.1) is 18.7 Å². The summed E-state index contributed by atoms with van der Waals surface area (Å²) in [5, 5.41) is 4.08. The zero-order valence-corrected chi connectivity index (χ0v) is 14.9. The van der Waals surface area contributed by atoms with Crippen molar-refractivity contribution >= 4 is 5.91 Å². The molecule has 1 saturated carbocycles. The third kappa shape index (κ3) is 2.97. The van der Waals surface area contributed by atoms with Gasteiger partial charge in [0.15, 0.2) is 11.6 Å². The van der Waals surface area contributed by atoms with Crippen LogP contribution >= 0.6 is 0 Å². The van der Waals surface area contributed by atoms with E-state index in [-0.39, 0.29) is 12.0 Å². The number of para-hydroxylation sites is 1. The minimum absolute atomic E-state index is 0.0683. The molecule has 3 heterocycles. The van der Waals surface area contributed by atoms with Crippen LogP contribution in [0.2, 0.25) is 0 Å². The smallest absolute Gasteiger partial charge is 0.290 e. The van der Waals surface area contributed by atoms with Gasteiger partial charge in [-0.3, -0.25) is 4.79 Å². The number of likely N-dealkylation sites (tertiary alicyclic amines) is 1. The summed E-state index contributed by atoms with van der Waals surface area (Å²) in [5.74, 6) is 2.74. The highest BCUT2D eigenvalue weighted by molar-refractivity contribution is 5.91. The maximum absolute atomic E-state index is 12.4. The molecule has 1 aliphatic heterocycles. The summed E-state index contributed by atoms with van der Waals surface area (Å²) in [7, 11) is 1.81. The Kier molecular flexibility index (Phi) is 3.70. The van der Waals surface area contributed by atoms with E-state index < -0.39 is 0 Å². The number of benzene rings is 1. The fraction of sp³-hybridized carbons (Fsp3) is 0.368. The molecule has 2 fully saturated rings. The maximum Gasteiger partial charge on any atom is 0.290 e. The Morgan fingerprint density at radius 2 is 2.07 bits per heavy atom. The lowest BCUT2D eigenvalue weighted by atomic mass is 10.1. The fourth-order valence-corrected chi connectivity index (χ4v) is 3.17. The highest BCUT2D eigenvalue weighted by Crippen LogP contribution is 2.39. The van der Waals surface area contributed by atoms with Gasteiger partial charge in [-0.05, 0) is 25.0 Å². The highest BCUT2D eigenvalue weighted by Gasteiger charge is 2.35. The van der Waals surface area contributed by atoms with Crippen molar-refractivity contribution in [2.24, 2.45) is 7.05 Å². The van der Waals surface area contributed by atoms with Crippen LogP contribution in [0.15, 0.2) is 41.2 Å². The predicted molar refractivity (Wildman–Crippen MR) is 95.2 cm³/mol. The molecule has 138 valence electrons. The predicted octanol–water partition coefficient (Wildman–Crippen LogP) is 2.25. The molecule has 8 heteroatoms. The standard InChI is InChI=1S/C19H19N5O3/c1-23-9-8-20-17(23)19(25)24-10-13(11-24)26-15-5-3-2-4-14(15)18-21-16(22-27-18)12-6-7-12/h2-5,8-9,12-13H,6-7,10-11H2,1H3. The molecule has 3 aromatic rings. The van der Waals surface area contributed by atoms with Crippen LogP contribution < -0.4 is 4.74 Å². The molecule has 0 bridgehead atoms. The summed E-state index contributed by atoms with van der Waals surface area (Å²) in [5.41, 5.74) is 0.783. The number of aryl methyl sites for hydroxylation is 1. The van der Waals surface area contributed by atoms with Gasteiger partial charge in [0.2, 0.25) is 0 Å². The van der Waals surface area contributed by atoms with Gasteiger partial charge in [-0.2, -0.15) is 4.98 Å². The number of aromatic nitrogens is 4. The number of carbonyl (C=O) groups excluding carboxylic acids is 1. The van der Waals surface area contributed by atoms with Crippen LogP contribution in [0.5, 0.6) is 5.75 Å². The average Bonchev–Trinajstić information content (AvgIpc) is 3.21. The second kappa shape index (κ2) is 6.22. The molecular formula is C19H19N5O3. The normalized spacial score (nSPS) is 17.0. The van der Waals surface area contributed by atoms with Gasteiger partial charge < -0.3 is 18.7 Å². The molecule has 2 aliphatic rings. The molecular weight excluding hydrogens is 346 g/mol. The molecule has 1 amide bonds. The van der Waals surface area contributed by atoms with Gasteiger partial charge in [0.1, 0.15) is 11.9 Å². The molecule has 1 saturated heterocycles. The van der Waals surface area contributed by atoms with Crippen LogP contribution in [0.25, 0.3) is 11.5 Å². The summed E-state index contributed by atoms with van der Waals surface area (Å²) < 4.78 is 13.3. The minimum atomic E-state index is -0.0818. The summed E-state index contributed by atoms with van der Waals surface area (Å²) in [6.07, 6.45) is 5.56. The monoisotopic (exact) mass is 365 g/mol. The molecule has 0 spiro atoms. The van der Waals surface area contributed by atoms with Crippen LogP contribution in [0.4, 0.5) is 0 Å². The summed E-state index contributed by atoms with van der Waals surface area (Å²) in [6, 6.07) is 7.63. The van der Waals surface area contributed by atoms with Gasteiger partial charge in [-0.15, -0.1) is 0 Å². The Hall–Kier alpha value is -3.16. The number of hydrogen-bond donors (Lipinski definition) is 0. The Morgan fingerprint density at radius 3 is 2.81 bits per heavy atom. The topological polar surface area (TPSA) is 86.3 Å². The van der Waals surface area contributed by atoms with E-state index in [9.17, 15) is 4.79 Å². The third-order valence-electron chi connectivity index (χ3n) is 4.94. The van der Waals surface area contributed by atoms with Crippen molar-refractivity contribution in [3.63, 3.8) is 0 Å². The first-order chi connectivity index (χ1) is 13.2. The Bertz CT molecular complexity index is 985. The number of nitrogens with zero attached hydrogens (tertiary/aromatic N) is 5. The lowest BCUT2D eigenvalue weighted by Crippen LogP contribution is -2.56. The number of amides is 1. The first-order valence-electron chi connectivity index (χ1n) is 9.05. The van der Waals surface area contributed by atoms with E-state index in [1.807, 2.05) is 31.3 Å². The first kappa shape index (κ1) is 16.0. The van der Waals surface area contributed by atoms with Crippen molar-refractivity contribution in [3.05, 3.63) is 48.3 Å². The molecule has 0 atom stereocenters. The molecule has 1 aliphatic carbocycles. The van der Waals surface area contributed by atoms with Crippen molar-refractivity contribution in [2.45, 2.75) is 24.9 Å². The van der Waals surface area contributed by atoms with E-state index >= 15 is 0 Å². The second-order valence-corrected chi connectivity index (χ2v) is 7.04. The molecule has 0 radical (unpaired) electrons. The Balaban J connectivity index is 1.27. The average molecular weight is 365 g/mol. The van der Waals surface area contributed by atoms with E-state index in [0.29, 0.717) is 36.5 Å². The van der Waals surface area contributed by atoms with Crippen molar-refractivity contribution in [2.75, 3.05) is 13.1 Å². The number of hydrogen-bond acceptors (Lipinski definition) is 6. The van der Waals surface area contributed by atoms with E-state index in [4.69, 9.17) is 9.26 Å². The van der Waals surface area contributed by atoms with Crippen LogP contribution in [0.1, 0.15) is 35.2 Å². The molecule has 27 heavy (non-hydrogen) atoms. The number of rotatable bonds is 5. The number of carbonyl (C=O) groups is 1. The molecule has 2 aromatic heterocycles. The molecule has 0 unspecified atom stereocenters. The Morgan fingerprint density at radius 1 is 1.26 bits per heavy atom. The van der Waals surface area contributed by atoms with Crippen molar-refractivity contribution < 1.29 is 14.1 Å². The summed E-state index contributed by atoms with van der Waals surface area (Å²) in [6.45, 7) is 1.05. The minimum Gasteiger partial charge on any atom is -0.486 e. The fourth-order valence-electron chi connectivity index (χ4n) is 3.17. The Labute approximate surface area is 155 Å². The highest BCUT2D eigenvalue weighted by atomic mass is 16.5. The molecule has 5 rings (SSSR count). The van der Waals surface area contributed by atoms with Gasteiger partial charge in [-0.25, -0.2) is 4.98 Å². The lowest BCUT2D eigenvalue weighted by molar-refractivity contribution is 0.0167. The lowest BCUT2D eigenvalue weighted by Gasteiger charge is -2.38. The SMILES string of the molecule is Cn1ccnc1C(=O)N1CC(Oc2ccccc2-c2nc(C3CC3)no2)C1. The third-order valence-corrected chi connectivity index (χ3v) is 4.94. The van der Waals surface area contributed by atoms with E-state index in [2.05, 4.69) is 15.1 Å². The van der Waals surface area contributed by atoms with Crippen molar-refractivity contribution in [1.82, 2.24) is 24.6 Å². The van der Waals surface area contributed by atoms with Gasteiger partial charge in [0.25, 0.3) is 11.8 Å². The zero-order valence-electron chi connectivity index (χ0n) is 14.9. The second-order valence-electron chi connectivity index (χ2n) is 7.04. The first-order valence-corrected chi connectivity index (χ1v) is 9.05. The maximum atomic E-state index is 12.4. The van der Waals surface area contributed by atoms with Gasteiger partial charge in [0, 0.05) is 25.4 Å². The number of ether oxygens (including phenoxy) is 1. The van der Waals surface area contributed by atoms with Crippen LogP contribution in [0.3, 0.4) is 0 Å². The van der Waals surface area contributed by atoms with Crippen molar-refractivity contribution in [1.29, 1.82) is 0 Å². The van der Waals surface area contributed by atoms with E-state index in [1.54, 1.807) is 21.9 Å². The van der Waals surface area contributed by atoms with Gasteiger partial charge >= 0.3 is 0 Å². The quantitative estimate of drug-likeness (QED) is 0.689. The van der Waals surface area contributed by atoms with Gasteiger partial charge in [-0.1, -0.05) is 17.3 Å². The molecule has 0 N–H and O–H groups in total. The largest absolute Gasteiger partial charge is 0.486 e. The van der Waals surface area contributed by atoms with Crippen LogP contribution in [0, 0.1) is 0 Å². The van der Waals surface area contributed by atoms with Crippen LogP contribution in [-0.2, 0) is 7.05 Å². The van der Waals surface area contributed by atoms with Crippen molar-refractivity contribution in [3.8, 4) is 17.2 Å². The molecule has 8 nitrogen and oxygen atoms in total. The summed E-state index contributed by atoms with van der Waals surface area (Å²) in [4.78, 5) is 22.8. The van der Waals surface area contributed by atoms with E-state index in [0.717, 1.165) is 24.2 Å². The molecule has 1 aromatic carbocycles. The zero-order chi connectivity index (χ0) is 18.4. The number of imidazole rings is 1. The summed E-state index contributed by atoms with van der Waals surface area (Å²) >= 11 is 0. The van der Waals surface area contributed by atoms with E-state index in [1.165, 1.54) is 0 Å². The van der Waals surface area contributed by atoms with Crippen LogP contribution in [-0.4, -0.2) is 49.7 Å².